The normalized spacial score (nSPS) is 14.0. The maximum atomic E-state index is 6.25. The number of nitrogens with one attached hydrogen (secondary N) is 1. The molecular formula is C17H18BrCl2N. The molecule has 0 saturated carbocycles. The van der Waals surface area contributed by atoms with Gasteiger partial charge in [-0.1, -0.05) is 51.3 Å². The molecule has 2 unspecified atom stereocenters. The van der Waals surface area contributed by atoms with Gasteiger partial charge in [0.15, 0.2) is 0 Å². The molecule has 21 heavy (non-hydrogen) atoms. The minimum Gasteiger partial charge on any atom is -0.307 e. The van der Waals surface area contributed by atoms with Crippen LogP contribution in [0.25, 0.3) is 0 Å². The van der Waals surface area contributed by atoms with Crippen LogP contribution in [0.15, 0.2) is 46.9 Å². The molecule has 2 rings (SSSR count). The second-order valence-corrected chi connectivity index (χ2v) is 7.05. The lowest BCUT2D eigenvalue weighted by Gasteiger charge is -2.21. The van der Waals surface area contributed by atoms with Crippen molar-refractivity contribution in [1.82, 2.24) is 5.32 Å². The van der Waals surface area contributed by atoms with E-state index in [9.17, 15) is 0 Å². The van der Waals surface area contributed by atoms with Crippen molar-refractivity contribution in [2.24, 2.45) is 0 Å². The van der Waals surface area contributed by atoms with E-state index in [1.807, 2.05) is 18.2 Å². The number of hydrogen-bond donors (Lipinski definition) is 1. The molecule has 0 fully saturated rings. The highest BCUT2D eigenvalue weighted by molar-refractivity contribution is 9.10. The van der Waals surface area contributed by atoms with Crippen LogP contribution in [0.5, 0.6) is 0 Å². The molecule has 0 aliphatic carbocycles. The molecule has 0 aromatic heterocycles. The molecule has 1 nitrogen and oxygen atoms in total. The lowest BCUT2D eigenvalue weighted by Crippen LogP contribution is -2.30. The maximum Gasteiger partial charge on any atom is 0.0454 e. The van der Waals surface area contributed by atoms with Crippen LogP contribution in [0.3, 0.4) is 0 Å². The van der Waals surface area contributed by atoms with Gasteiger partial charge in [-0.2, -0.15) is 0 Å². The van der Waals surface area contributed by atoms with Crippen LogP contribution in [0.4, 0.5) is 0 Å². The molecule has 0 radical (unpaired) electrons. The van der Waals surface area contributed by atoms with Gasteiger partial charge in [0.25, 0.3) is 0 Å². The predicted octanol–water partition coefficient (Wildman–Crippen LogP) is 6.04. The summed E-state index contributed by atoms with van der Waals surface area (Å²) in [6.07, 6.45) is 0.968. The minimum absolute atomic E-state index is 0.154. The maximum absolute atomic E-state index is 6.25. The van der Waals surface area contributed by atoms with E-state index in [1.165, 1.54) is 5.56 Å². The van der Waals surface area contributed by atoms with Gasteiger partial charge in [-0.3, -0.25) is 0 Å². The highest BCUT2D eigenvalue weighted by Gasteiger charge is 2.13. The first kappa shape index (κ1) is 16.8. The fourth-order valence-electron chi connectivity index (χ4n) is 2.40. The van der Waals surface area contributed by atoms with E-state index in [4.69, 9.17) is 23.2 Å². The molecule has 0 aliphatic heterocycles. The SMILES string of the molecule is CC(Cc1ccc(Br)cc1)NC(C)c1cc(Cl)ccc1Cl. The van der Waals surface area contributed by atoms with E-state index < -0.39 is 0 Å². The number of rotatable bonds is 5. The Bertz CT molecular complexity index is 598. The van der Waals surface area contributed by atoms with Crippen molar-refractivity contribution >= 4 is 39.1 Å². The van der Waals surface area contributed by atoms with Crippen LogP contribution in [0.1, 0.15) is 31.0 Å². The van der Waals surface area contributed by atoms with Crippen molar-refractivity contribution in [2.75, 3.05) is 0 Å². The Morgan fingerprint density at radius 3 is 2.38 bits per heavy atom. The van der Waals surface area contributed by atoms with Gasteiger partial charge in [0, 0.05) is 26.6 Å². The zero-order chi connectivity index (χ0) is 15.4. The molecule has 0 bridgehead atoms. The Morgan fingerprint density at radius 2 is 1.71 bits per heavy atom. The van der Waals surface area contributed by atoms with Crippen molar-refractivity contribution in [3.8, 4) is 0 Å². The third kappa shape index (κ3) is 5.00. The molecule has 4 heteroatoms. The van der Waals surface area contributed by atoms with E-state index in [2.05, 4.69) is 59.4 Å². The molecule has 0 aliphatic rings. The minimum atomic E-state index is 0.154. The van der Waals surface area contributed by atoms with Crippen LogP contribution < -0.4 is 5.32 Å². The van der Waals surface area contributed by atoms with Crippen molar-refractivity contribution in [2.45, 2.75) is 32.4 Å². The highest BCUT2D eigenvalue weighted by atomic mass is 79.9. The highest BCUT2D eigenvalue weighted by Crippen LogP contribution is 2.26. The van der Waals surface area contributed by atoms with E-state index in [-0.39, 0.29) is 6.04 Å². The van der Waals surface area contributed by atoms with E-state index in [0.717, 1.165) is 21.5 Å². The monoisotopic (exact) mass is 385 g/mol. The van der Waals surface area contributed by atoms with Gasteiger partial charge < -0.3 is 5.32 Å². The van der Waals surface area contributed by atoms with Gasteiger partial charge in [-0.05, 0) is 61.7 Å². The van der Waals surface area contributed by atoms with Crippen LogP contribution >= 0.6 is 39.1 Å². The summed E-state index contributed by atoms with van der Waals surface area (Å²) in [5.41, 5.74) is 2.34. The Labute approximate surface area is 144 Å². The van der Waals surface area contributed by atoms with Crippen LogP contribution in [-0.4, -0.2) is 6.04 Å². The van der Waals surface area contributed by atoms with E-state index >= 15 is 0 Å². The second-order valence-electron chi connectivity index (χ2n) is 5.29. The quantitative estimate of drug-likeness (QED) is 0.660. The van der Waals surface area contributed by atoms with Gasteiger partial charge in [0.05, 0.1) is 0 Å². The first-order chi connectivity index (χ1) is 9.95. The summed E-state index contributed by atoms with van der Waals surface area (Å²) in [4.78, 5) is 0. The largest absolute Gasteiger partial charge is 0.307 e. The van der Waals surface area contributed by atoms with Crippen molar-refractivity contribution < 1.29 is 0 Å². The molecule has 2 aromatic rings. The third-order valence-corrected chi connectivity index (χ3v) is 4.52. The Morgan fingerprint density at radius 1 is 1.05 bits per heavy atom. The van der Waals surface area contributed by atoms with Crippen LogP contribution in [0.2, 0.25) is 10.0 Å². The summed E-state index contributed by atoms with van der Waals surface area (Å²) in [5, 5.41) is 5.03. The molecule has 1 N–H and O–H groups in total. The summed E-state index contributed by atoms with van der Waals surface area (Å²) in [7, 11) is 0. The zero-order valence-electron chi connectivity index (χ0n) is 12.0. The second kappa shape index (κ2) is 7.64. The smallest absolute Gasteiger partial charge is 0.0454 e. The number of benzene rings is 2. The van der Waals surface area contributed by atoms with Gasteiger partial charge in [0.1, 0.15) is 0 Å². The topological polar surface area (TPSA) is 12.0 Å². The fourth-order valence-corrected chi connectivity index (χ4v) is 3.12. The lowest BCUT2D eigenvalue weighted by molar-refractivity contribution is 0.477. The number of hydrogen-bond acceptors (Lipinski definition) is 1. The fraction of sp³-hybridized carbons (Fsp3) is 0.294. The average molecular weight is 387 g/mol. The van der Waals surface area contributed by atoms with E-state index in [1.54, 1.807) is 0 Å². The van der Waals surface area contributed by atoms with Gasteiger partial charge in [-0.25, -0.2) is 0 Å². The lowest BCUT2D eigenvalue weighted by atomic mass is 10.0. The molecule has 0 heterocycles. The molecule has 2 aromatic carbocycles. The summed E-state index contributed by atoms with van der Waals surface area (Å²) < 4.78 is 1.10. The molecular weight excluding hydrogens is 369 g/mol. The summed E-state index contributed by atoms with van der Waals surface area (Å²) >= 11 is 15.8. The predicted molar refractivity (Wildman–Crippen MR) is 95.3 cm³/mol. The Balaban J connectivity index is 2.00. The van der Waals surface area contributed by atoms with Gasteiger partial charge in [0.2, 0.25) is 0 Å². The molecule has 0 spiro atoms. The van der Waals surface area contributed by atoms with Crippen LogP contribution in [-0.2, 0) is 6.42 Å². The zero-order valence-corrected chi connectivity index (χ0v) is 15.1. The summed E-state index contributed by atoms with van der Waals surface area (Å²) in [6.45, 7) is 4.28. The van der Waals surface area contributed by atoms with Crippen LogP contribution in [0, 0.1) is 0 Å². The van der Waals surface area contributed by atoms with Gasteiger partial charge in [-0.15, -0.1) is 0 Å². The molecule has 2 atom stereocenters. The van der Waals surface area contributed by atoms with Crippen molar-refractivity contribution in [1.29, 1.82) is 0 Å². The van der Waals surface area contributed by atoms with Crippen molar-refractivity contribution in [3.05, 3.63) is 68.1 Å². The molecule has 0 amide bonds. The molecule has 112 valence electrons. The summed E-state index contributed by atoms with van der Waals surface area (Å²) in [5.74, 6) is 0. The summed E-state index contributed by atoms with van der Waals surface area (Å²) in [6, 6.07) is 14.5. The molecule has 0 saturated heterocycles. The average Bonchev–Trinajstić information content (AvgIpc) is 2.44. The first-order valence-corrected chi connectivity index (χ1v) is 8.46. The third-order valence-electron chi connectivity index (χ3n) is 3.41. The number of halogens is 3. The van der Waals surface area contributed by atoms with Crippen molar-refractivity contribution in [3.63, 3.8) is 0 Å². The van der Waals surface area contributed by atoms with Gasteiger partial charge >= 0.3 is 0 Å². The standard InChI is InChI=1S/C17H18BrCl2N/c1-11(9-13-3-5-14(18)6-4-13)21-12(2)16-10-15(19)7-8-17(16)20/h3-8,10-12,21H,9H2,1-2H3. The van der Waals surface area contributed by atoms with E-state index in [0.29, 0.717) is 11.1 Å². The Hall–Kier alpha value is -0.540. The first-order valence-electron chi connectivity index (χ1n) is 6.91. The Kier molecular flexibility index (Phi) is 6.12.